The molecule has 0 aromatic heterocycles. The second-order valence-corrected chi connectivity index (χ2v) is 7.33. The van der Waals surface area contributed by atoms with Gasteiger partial charge in [-0.25, -0.2) is 0 Å². The van der Waals surface area contributed by atoms with Crippen LogP contribution in [0.25, 0.3) is 0 Å². The summed E-state index contributed by atoms with van der Waals surface area (Å²) < 4.78 is 0. The zero-order chi connectivity index (χ0) is 14.3. The maximum absolute atomic E-state index is 6.74. The van der Waals surface area contributed by atoms with Gasteiger partial charge in [0.2, 0.25) is 0 Å². The molecule has 0 aromatic carbocycles. The monoisotopic (exact) mass is 266 g/mol. The van der Waals surface area contributed by atoms with Crippen LogP contribution >= 0.6 is 0 Å². The highest BCUT2D eigenvalue weighted by Crippen LogP contribution is 2.58. The topological polar surface area (TPSA) is 52.0 Å². The molecule has 2 aliphatic carbocycles. The van der Waals surface area contributed by atoms with Gasteiger partial charge in [-0.3, -0.25) is 0 Å². The zero-order valence-corrected chi connectivity index (χ0v) is 13.4. The van der Waals surface area contributed by atoms with Crippen molar-refractivity contribution < 1.29 is 0 Å². The van der Waals surface area contributed by atoms with Crippen LogP contribution in [0.15, 0.2) is 0 Å². The van der Waals surface area contributed by atoms with Gasteiger partial charge in [0, 0.05) is 11.1 Å². The van der Waals surface area contributed by atoms with Crippen LogP contribution in [0.1, 0.15) is 72.6 Å². The lowest BCUT2D eigenvalue weighted by molar-refractivity contribution is 0.0805. The normalized spacial score (nSPS) is 35.1. The fourth-order valence-corrected chi connectivity index (χ4v) is 5.22. The number of hydrogen-bond acceptors (Lipinski definition) is 2. The Morgan fingerprint density at radius 3 is 1.37 bits per heavy atom. The molecule has 2 bridgehead atoms. The largest absolute Gasteiger partial charge is 0.325 e. The van der Waals surface area contributed by atoms with Crippen molar-refractivity contribution in [2.24, 2.45) is 35.1 Å². The van der Waals surface area contributed by atoms with Gasteiger partial charge < -0.3 is 11.5 Å². The Morgan fingerprint density at radius 2 is 1.11 bits per heavy atom. The van der Waals surface area contributed by atoms with Gasteiger partial charge >= 0.3 is 0 Å². The first-order valence-corrected chi connectivity index (χ1v) is 8.51. The molecule has 0 amide bonds. The van der Waals surface area contributed by atoms with E-state index in [0.29, 0.717) is 11.8 Å². The van der Waals surface area contributed by atoms with Crippen LogP contribution in [-0.2, 0) is 0 Å². The zero-order valence-electron chi connectivity index (χ0n) is 13.4. The summed E-state index contributed by atoms with van der Waals surface area (Å²) in [7, 11) is 0. The minimum Gasteiger partial charge on any atom is -0.325 e. The van der Waals surface area contributed by atoms with Gasteiger partial charge in [-0.2, -0.15) is 0 Å². The number of fused-ring (bicyclic) bond motifs is 2. The van der Waals surface area contributed by atoms with Gasteiger partial charge in [0.25, 0.3) is 0 Å². The van der Waals surface area contributed by atoms with E-state index in [4.69, 9.17) is 11.5 Å². The van der Waals surface area contributed by atoms with E-state index in [-0.39, 0.29) is 11.1 Å². The quantitative estimate of drug-likeness (QED) is 0.770. The molecule has 2 heteroatoms. The fraction of sp³-hybridized carbons (Fsp3) is 1.00. The van der Waals surface area contributed by atoms with E-state index >= 15 is 0 Å². The lowest BCUT2D eigenvalue weighted by Crippen LogP contribution is -2.55. The molecule has 0 radical (unpaired) electrons. The Bertz CT molecular complexity index is 276. The Labute approximate surface area is 119 Å². The van der Waals surface area contributed by atoms with Gasteiger partial charge in [-0.05, 0) is 68.6 Å². The molecule has 2 rings (SSSR count). The summed E-state index contributed by atoms with van der Waals surface area (Å²) in [5.74, 6) is 3.13. The molecule has 0 heterocycles. The van der Waals surface area contributed by atoms with Crippen LogP contribution in [0.2, 0.25) is 0 Å². The Kier molecular flexibility index (Phi) is 4.32. The Balaban J connectivity index is 2.20. The van der Waals surface area contributed by atoms with Crippen molar-refractivity contribution in [1.29, 1.82) is 0 Å². The summed E-state index contributed by atoms with van der Waals surface area (Å²) in [5, 5.41) is 0. The minimum atomic E-state index is 0.0560. The predicted octanol–water partition coefficient (Wildman–Crippen LogP) is 3.68. The molecule has 0 saturated heterocycles. The molecule has 0 spiro atoms. The van der Waals surface area contributed by atoms with Gasteiger partial charge in [-0.15, -0.1) is 0 Å². The smallest absolute Gasteiger partial charge is 0.0180 e. The summed E-state index contributed by atoms with van der Waals surface area (Å²) in [6.07, 6.45) is 8.57. The predicted molar refractivity (Wildman–Crippen MR) is 82.8 cm³/mol. The molecule has 4 N–H and O–H groups in total. The SMILES string of the molecule is CCC(N)(CC)C1CC2CC1C(C(N)(CC)CC)C2. The average molecular weight is 266 g/mol. The standard InChI is InChI=1S/C17H34N2/c1-5-16(18,6-2)14-10-12-9-13(14)15(11-12)17(19,7-3)8-4/h12-15H,5-11,18-19H2,1-4H3. The van der Waals surface area contributed by atoms with Crippen molar-refractivity contribution in [3.63, 3.8) is 0 Å². The molecule has 2 nitrogen and oxygen atoms in total. The lowest BCUT2D eigenvalue weighted by atomic mass is 9.62. The Morgan fingerprint density at radius 1 is 0.737 bits per heavy atom. The van der Waals surface area contributed by atoms with E-state index in [0.717, 1.165) is 37.5 Å². The van der Waals surface area contributed by atoms with Crippen LogP contribution in [0.4, 0.5) is 0 Å². The number of hydrogen-bond donors (Lipinski definition) is 2. The van der Waals surface area contributed by atoms with Gasteiger partial charge in [0.1, 0.15) is 0 Å². The first kappa shape index (κ1) is 15.3. The van der Waals surface area contributed by atoms with Crippen molar-refractivity contribution in [3.05, 3.63) is 0 Å². The molecule has 2 atom stereocenters. The van der Waals surface area contributed by atoms with E-state index in [1.807, 2.05) is 0 Å². The third-order valence-corrected chi connectivity index (χ3v) is 6.92. The van der Waals surface area contributed by atoms with Gasteiger partial charge in [-0.1, -0.05) is 27.7 Å². The summed E-state index contributed by atoms with van der Waals surface area (Å²) in [6, 6.07) is 0. The van der Waals surface area contributed by atoms with Gasteiger partial charge in [0.15, 0.2) is 0 Å². The highest BCUT2D eigenvalue weighted by molar-refractivity contribution is 5.09. The number of nitrogens with two attached hydrogens (primary N) is 2. The molecule has 19 heavy (non-hydrogen) atoms. The highest BCUT2D eigenvalue weighted by Gasteiger charge is 2.55. The van der Waals surface area contributed by atoms with Gasteiger partial charge in [0.05, 0.1) is 0 Å². The summed E-state index contributed by atoms with van der Waals surface area (Å²) in [6.45, 7) is 9.05. The first-order chi connectivity index (χ1) is 8.94. The van der Waals surface area contributed by atoms with Crippen molar-refractivity contribution >= 4 is 0 Å². The molecule has 2 fully saturated rings. The maximum atomic E-state index is 6.74. The summed E-state index contributed by atoms with van der Waals surface area (Å²) in [4.78, 5) is 0. The molecule has 2 aliphatic rings. The molecule has 2 saturated carbocycles. The third kappa shape index (κ3) is 2.35. The van der Waals surface area contributed by atoms with Crippen molar-refractivity contribution in [2.45, 2.75) is 83.7 Å². The lowest BCUT2D eigenvalue weighted by Gasteiger charge is -2.47. The van der Waals surface area contributed by atoms with E-state index in [1.165, 1.54) is 19.3 Å². The maximum Gasteiger partial charge on any atom is 0.0180 e. The third-order valence-electron chi connectivity index (χ3n) is 6.92. The molecular formula is C17H34N2. The van der Waals surface area contributed by atoms with Crippen molar-refractivity contribution in [3.8, 4) is 0 Å². The number of rotatable bonds is 6. The second kappa shape index (κ2) is 5.37. The van der Waals surface area contributed by atoms with E-state index in [9.17, 15) is 0 Å². The van der Waals surface area contributed by atoms with Crippen molar-refractivity contribution in [2.75, 3.05) is 0 Å². The van der Waals surface area contributed by atoms with Crippen LogP contribution < -0.4 is 11.5 Å². The molecule has 0 aliphatic heterocycles. The molecule has 112 valence electrons. The molecular weight excluding hydrogens is 232 g/mol. The van der Waals surface area contributed by atoms with Crippen LogP contribution in [0.5, 0.6) is 0 Å². The molecule has 2 unspecified atom stereocenters. The molecule has 0 aromatic rings. The van der Waals surface area contributed by atoms with E-state index < -0.39 is 0 Å². The van der Waals surface area contributed by atoms with Crippen LogP contribution in [-0.4, -0.2) is 11.1 Å². The van der Waals surface area contributed by atoms with E-state index in [2.05, 4.69) is 27.7 Å². The highest BCUT2D eigenvalue weighted by atomic mass is 14.8. The summed E-state index contributed by atoms with van der Waals surface area (Å²) >= 11 is 0. The Hall–Kier alpha value is -0.0800. The first-order valence-electron chi connectivity index (χ1n) is 8.51. The van der Waals surface area contributed by atoms with E-state index in [1.54, 1.807) is 0 Å². The van der Waals surface area contributed by atoms with Crippen LogP contribution in [0.3, 0.4) is 0 Å². The van der Waals surface area contributed by atoms with Crippen LogP contribution in [0, 0.1) is 23.7 Å². The van der Waals surface area contributed by atoms with Crippen molar-refractivity contribution in [1.82, 2.24) is 0 Å². The average Bonchev–Trinajstić information content (AvgIpc) is 3.06. The minimum absolute atomic E-state index is 0.0560. The summed E-state index contributed by atoms with van der Waals surface area (Å²) in [5.41, 5.74) is 13.6. The fourth-order valence-electron chi connectivity index (χ4n) is 5.22. The second-order valence-electron chi connectivity index (χ2n) is 7.33.